The number of fused-ring (bicyclic) bond motifs is 2. The highest BCUT2D eigenvalue weighted by Gasteiger charge is 2.16. The third-order valence-electron chi connectivity index (χ3n) is 9.51. The molecule has 1 nitrogen and oxygen atoms in total. The highest BCUT2D eigenvalue weighted by molar-refractivity contribution is 6.04. The Kier molecular flexibility index (Phi) is 6.84. The first-order valence-corrected chi connectivity index (χ1v) is 17.2. The van der Waals surface area contributed by atoms with E-state index in [1.807, 2.05) is 77.7 Å². The third kappa shape index (κ3) is 5.96. The topological polar surface area (TPSA) is 3.24 Å². The second-order valence-corrected chi connectivity index (χ2v) is 12.7. The monoisotopic (exact) mass is 653 g/mol. The van der Waals surface area contributed by atoms with Gasteiger partial charge >= 0.3 is 0 Å². The Hall–Kier alpha value is -6.70. The minimum Gasteiger partial charge on any atom is -0.310 e. The van der Waals surface area contributed by atoms with Crippen molar-refractivity contribution in [2.75, 3.05) is 4.90 Å². The van der Waals surface area contributed by atoms with E-state index in [2.05, 4.69) is 115 Å². The van der Waals surface area contributed by atoms with Gasteiger partial charge in [-0.1, -0.05) is 170 Å². The van der Waals surface area contributed by atoms with E-state index >= 15 is 0 Å². The number of anilines is 3. The number of benzene rings is 9. The number of hydrogen-bond donors (Lipinski definition) is 0. The molecule has 0 saturated heterocycles. The van der Waals surface area contributed by atoms with Gasteiger partial charge in [-0.05, 0) is 108 Å². The first kappa shape index (κ1) is 26.2. The number of hydrogen-bond acceptors (Lipinski definition) is 1. The second-order valence-electron chi connectivity index (χ2n) is 12.7. The van der Waals surface area contributed by atoms with Crippen LogP contribution in [0.1, 0.15) is 5.48 Å². The molecule has 0 radical (unpaired) electrons. The van der Waals surface area contributed by atoms with Crippen molar-refractivity contribution in [3.8, 4) is 44.5 Å². The highest BCUT2D eigenvalue weighted by atomic mass is 15.1. The molecule has 0 unspecified atom stereocenters. The number of rotatable bonds is 7. The van der Waals surface area contributed by atoms with Gasteiger partial charge in [0.2, 0.25) is 0 Å². The van der Waals surface area contributed by atoms with Crippen molar-refractivity contribution >= 4 is 38.6 Å². The van der Waals surface area contributed by atoms with Crippen LogP contribution in [0.15, 0.2) is 212 Å². The molecular formula is C50H35N. The van der Waals surface area contributed by atoms with Gasteiger partial charge in [-0.25, -0.2) is 0 Å². The molecule has 0 bridgehead atoms. The lowest BCUT2D eigenvalue weighted by atomic mass is 9.90. The van der Waals surface area contributed by atoms with E-state index in [4.69, 9.17) is 0 Å². The van der Waals surface area contributed by atoms with Crippen LogP contribution in [-0.2, 0) is 0 Å². The molecular weight excluding hydrogens is 615 g/mol. The Morgan fingerprint density at radius 1 is 0.314 bits per heavy atom. The lowest BCUT2D eigenvalue weighted by molar-refractivity contribution is 1.28. The molecule has 0 N–H and O–H groups in total. The van der Waals surface area contributed by atoms with E-state index in [1.165, 1.54) is 10.8 Å². The zero-order valence-electron chi connectivity index (χ0n) is 31.8. The maximum absolute atomic E-state index is 9.40. The van der Waals surface area contributed by atoms with Crippen LogP contribution in [0.5, 0.6) is 0 Å². The summed E-state index contributed by atoms with van der Waals surface area (Å²) < 4.78 is 37.2. The molecule has 0 aliphatic rings. The largest absolute Gasteiger partial charge is 0.310 e. The zero-order chi connectivity index (χ0) is 37.5. The Bertz CT molecular complexity index is 2820. The summed E-state index contributed by atoms with van der Waals surface area (Å²) in [4.78, 5) is 1.86. The molecule has 0 fully saturated rings. The maximum atomic E-state index is 9.40. The van der Waals surface area contributed by atoms with E-state index in [-0.39, 0.29) is 35.4 Å². The van der Waals surface area contributed by atoms with Gasteiger partial charge in [0, 0.05) is 17.1 Å². The fraction of sp³-hybridized carbons (Fsp3) is 0. The summed E-state index contributed by atoms with van der Waals surface area (Å²) in [5.41, 5.74) is 8.98. The van der Waals surface area contributed by atoms with Crippen LogP contribution in [0.25, 0.3) is 66.1 Å². The molecule has 0 spiro atoms. The molecule has 0 amide bonds. The molecule has 0 aromatic heterocycles. The van der Waals surface area contributed by atoms with Crippen molar-refractivity contribution in [1.29, 1.82) is 0 Å². The van der Waals surface area contributed by atoms with Crippen LogP contribution in [-0.4, -0.2) is 0 Å². The quantitative estimate of drug-likeness (QED) is 0.165. The Morgan fingerprint density at radius 2 is 0.902 bits per heavy atom. The van der Waals surface area contributed by atoms with E-state index in [1.54, 1.807) is 0 Å². The average molecular weight is 654 g/mol. The Labute approximate surface area is 305 Å². The first-order chi connectivity index (χ1) is 27.0. The lowest BCUT2D eigenvalue weighted by Gasteiger charge is -2.26. The average Bonchev–Trinajstić information content (AvgIpc) is 3.25. The van der Waals surface area contributed by atoms with Crippen molar-refractivity contribution in [3.05, 3.63) is 212 Å². The van der Waals surface area contributed by atoms with Gasteiger partial charge in [0.05, 0.1) is 5.48 Å². The Balaban J connectivity index is 1.22. The molecule has 1 heteroatoms. The van der Waals surface area contributed by atoms with Crippen molar-refractivity contribution in [2.24, 2.45) is 0 Å². The van der Waals surface area contributed by atoms with Gasteiger partial charge in [-0.2, -0.15) is 0 Å². The lowest BCUT2D eigenvalue weighted by Crippen LogP contribution is -2.10. The summed E-state index contributed by atoms with van der Waals surface area (Å²) in [6.07, 6.45) is 0. The minimum absolute atomic E-state index is 0.0850. The summed E-state index contributed by atoms with van der Waals surface area (Å²) in [5, 5.41) is 4.64. The van der Waals surface area contributed by atoms with Crippen LogP contribution in [0.3, 0.4) is 0 Å². The SMILES string of the molecule is [2H]c1c([2H])c(N(c2ccc(-c3ccc4ccccc4c3-c3ccccc3)cc2)c2cccc(-c3ccc4ccccc4c3)c2)c([2H])c([2H])c1-c1ccccc1. The van der Waals surface area contributed by atoms with Crippen molar-refractivity contribution in [2.45, 2.75) is 0 Å². The van der Waals surface area contributed by atoms with Gasteiger partial charge in [0.1, 0.15) is 0 Å². The molecule has 9 aromatic carbocycles. The summed E-state index contributed by atoms with van der Waals surface area (Å²) in [7, 11) is 0. The Morgan fingerprint density at radius 3 is 1.67 bits per heavy atom. The zero-order valence-corrected chi connectivity index (χ0v) is 27.8. The molecule has 240 valence electrons. The van der Waals surface area contributed by atoms with Crippen LogP contribution in [0.2, 0.25) is 0 Å². The third-order valence-corrected chi connectivity index (χ3v) is 9.51. The highest BCUT2D eigenvalue weighted by Crippen LogP contribution is 2.41. The molecule has 9 aromatic rings. The first-order valence-electron chi connectivity index (χ1n) is 19.2. The van der Waals surface area contributed by atoms with Crippen LogP contribution in [0, 0.1) is 0 Å². The fourth-order valence-corrected chi connectivity index (χ4v) is 6.99. The van der Waals surface area contributed by atoms with Gasteiger partial charge in [0.15, 0.2) is 0 Å². The summed E-state index contributed by atoms with van der Waals surface area (Å²) >= 11 is 0. The normalized spacial score (nSPS) is 12.2. The molecule has 0 aliphatic heterocycles. The van der Waals surface area contributed by atoms with Crippen molar-refractivity contribution < 1.29 is 5.48 Å². The predicted molar refractivity (Wildman–Crippen MR) is 218 cm³/mol. The minimum atomic E-state index is -0.110. The summed E-state index contributed by atoms with van der Waals surface area (Å²) in [6.45, 7) is 0. The van der Waals surface area contributed by atoms with E-state index < -0.39 is 0 Å². The molecule has 51 heavy (non-hydrogen) atoms. The van der Waals surface area contributed by atoms with Crippen molar-refractivity contribution in [1.82, 2.24) is 0 Å². The van der Waals surface area contributed by atoms with E-state index in [9.17, 15) is 5.48 Å². The van der Waals surface area contributed by atoms with Crippen molar-refractivity contribution in [3.63, 3.8) is 0 Å². The molecule has 0 saturated carbocycles. The van der Waals surface area contributed by atoms with Gasteiger partial charge in [-0.3, -0.25) is 0 Å². The smallest absolute Gasteiger partial charge is 0.0645 e. The standard InChI is InChI=1S/C50H35N/c1-3-12-36(13-4-1)38-24-29-45(30-25-38)51(47-20-11-19-43(35-47)44-23-22-37-14-7-8-18-42(37)34-44)46-31-26-40(27-32-46)49-33-28-39-15-9-10-21-48(39)50(49)41-16-5-2-6-17-41/h1-35H/i24D,25D,29D,30D. The van der Waals surface area contributed by atoms with E-state index in [0.29, 0.717) is 5.56 Å². The fourth-order valence-electron chi connectivity index (χ4n) is 6.99. The van der Waals surface area contributed by atoms with Crippen LogP contribution >= 0.6 is 0 Å². The molecule has 0 atom stereocenters. The van der Waals surface area contributed by atoms with Gasteiger partial charge in [-0.15, -0.1) is 0 Å². The van der Waals surface area contributed by atoms with Gasteiger partial charge < -0.3 is 4.90 Å². The maximum Gasteiger partial charge on any atom is 0.0645 e. The predicted octanol–water partition coefficient (Wildman–Crippen LogP) is 14.1. The summed E-state index contributed by atoms with van der Waals surface area (Å²) in [5.74, 6) is 0. The van der Waals surface area contributed by atoms with E-state index in [0.717, 1.165) is 55.5 Å². The van der Waals surface area contributed by atoms with Gasteiger partial charge in [0.25, 0.3) is 0 Å². The second kappa shape index (κ2) is 13.3. The van der Waals surface area contributed by atoms with Crippen LogP contribution < -0.4 is 4.90 Å². The molecule has 0 heterocycles. The molecule has 0 aliphatic carbocycles. The van der Waals surface area contributed by atoms with Crippen LogP contribution in [0.4, 0.5) is 17.1 Å². The number of nitrogens with zero attached hydrogens (tertiary/aromatic N) is 1. The molecule has 9 rings (SSSR count). The summed E-state index contributed by atoms with van der Waals surface area (Å²) in [6, 6.07) is 63.0.